The second-order valence-corrected chi connectivity index (χ2v) is 11.6. The molecule has 0 aliphatic rings. The van der Waals surface area contributed by atoms with Crippen molar-refractivity contribution in [1.29, 1.82) is 0 Å². The van der Waals surface area contributed by atoms with Gasteiger partial charge < -0.3 is 19.7 Å². The maximum atomic E-state index is 13.5. The lowest BCUT2D eigenvalue weighted by Gasteiger charge is -2.21. The van der Waals surface area contributed by atoms with Crippen molar-refractivity contribution < 1.29 is 32.7 Å². The number of nitrogens with two attached hydrogens (primary N) is 1. The van der Waals surface area contributed by atoms with Crippen LogP contribution in [0, 0.1) is 5.41 Å². The number of carbonyl (C=O) groups is 2. The Morgan fingerprint density at radius 3 is 2.61 bits per heavy atom. The topological polar surface area (TPSA) is 139 Å². The molecular formula is C20H30N3O7PS2. The summed E-state index contributed by atoms with van der Waals surface area (Å²) in [6.07, 6.45) is -0.0243. The molecule has 184 valence electrons. The van der Waals surface area contributed by atoms with Gasteiger partial charge in [-0.05, 0) is 19.1 Å². The molecule has 0 radical (unpaired) electrons. The van der Waals surface area contributed by atoms with Crippen molar-refractivity contribution in [2.24, 2.45) is 5.41 Å². The van der Waals surface area contributed by atoms with Gasteiger partial charge in [-0.2, -0.15) is 0 Å². The van der Waals surface area contributed by atoms with E-state index in [9.17, 15) is 14.2 Å². The Hall–Kier alpha value is -1.85. The van der Waals surface area contributed by atoms with E-state index in [1.54, 1.807) is 19.1 Å². The van der Waals surface area contributed by atoms with Crippen molar-refractivity contribution in [2.45, 2.75) is 34.1 Å². The third kappa shape index (κ3) is 8.15. The van der Waals surface area contributed by atoms with Crippen LogP contribution in [-0.4, -0.2) is 48.7 Å². The molecule has 1 atom stereocenters. The van der Waals surface area contributed by atoms with E-state index in [0.29, 0.717) is 21.1 Å². The van der Waals surface area contributed by atoms with Crippen LogP contribution in [0.1, 0.15) is 34.1 Å². The summed E-state index contributed by atoms with van der Waals surface area (Å²) in [6, 6.07) is 3.21. The highest BCUT2D eigenvalue weighted by Gasteiger charge is 2.29. The van der Waals surface area contributed by atoms with Gasteiger partial charge >= 0.3 is 13.7 Å². The van der Waals surface area contributed by atoms with Crippen LogP contribution in [0.4, 0.5) is 5.13 Å². The van der Waals surface area contributed by atoms with E-state index in [2.05, 4.69) is 10.1 Å². The summed E-state index contributed by atoms with van der Waals surface area (Å²) in [6.45, 7) is 7.40. The summed E-state index contributed by atoms with van der Waals surface area (Å²) in [5.41, 5.74) is 5.73. The van der Waals surface area contributed by atoms with Crippen molar-refractivity contribution in [3.63, 3.8) is 0 Å². The smallest absolute Gasteiger partial charge is 0.458 e. The number of nitrogen functional groups attached to an aromatic ring is 1. The van der Waals surface area contributed by atoms with E-state index < -0.39 is 19.1 Å². The van der Waals surface area contributed by atoms with Crippen LogP contribution in [0.15, 0.2) is 12.1 Å². The molecule has 2 aromatic rings. The molecule has 0 amide bonds. The van der Waals surface area contributed by atoms with Crippen molar-refractivity contribution >= 4 is 57.3 Å². The number of hydrogen-bond donors (Lipinski definition) is 2. The number of nitrogens with one attached hydrogen (secondary N) is 1. The summed E-state index contributed by atoms with van der Waals surface area (Å²) in [7, 11) is -2.41. The molecule has 3 N–H and O–H groups in total. The SMILES string of the molecule is CCOC(=O)CCNP(=O)(OCCSC(=O)C(C)(C)C)Oc1ccc(OC)c2sc(N)nc12. The fraction of sp³-hybridized carbons (Fsp3) is 0.550. The molecule has 13 heteroatoms. The van der Waals surface area contributed by atoms with Crippen molar-refractivity contribution in [3.05, 3.63) is 12.1 Å². The number of rotatable bonds is 12. The fourth-order valence-electron chi connectivity index (χ4n) is 2.48. The first-order valence-corrected chi connectivity index (χ1v) is 13.6. The lowest BCUT2D eigenvalue weighted by molar-refractivity contribution is -0.142. The Labute approximate surface area is 201 Å². The van der Waals surface area contributed by atoms with Gasteiger partial charge in [0.1, 0.15) is 16.0 Å². The zero-order valence-electron chi connectivity index (χ0n) is 19.3. The number of benzene rings is 1. The Bertz CT molecular complexity index is 1020. The quantitative estimate of drug-likeness (QED) is 0.236. The molecule has 0 aliphatic heterocycles. The van der Waals surface area contributed by atoms with E-state index in [4.69, 9.17) is 24.3 Å². The number of thiazole rings is 1. The molecule has 10 nitrogen and oxygen atoms in total. The van der Waals surface area contributed by atoms with Gasteiger partial charge in [-0.3, -0.25) is 14.1 Å². The highest BCUT2D eigenvalue weighted by molar-refractivity contribution is 8.13. The van der Waals surface area contributed by atoms with Gasteiger partial charge in [0.25, 0.3) is 0 Å². The maximum Gasteiger partial charge on any atom is 0.458 e. The maximum absolute atomic E-state index is 13.5. The minimum atomic E-state index is -3.94. The van der Waals surface area contributed by atoms with E-state index in [0.717, 1.165) is 11.8 Å². The molecule has 1 aromatic heterocycles. The summed E-state index contributed by atoms with van der Waals surface area (Å²) < 4.78 is 35.6. The molecule has 0 saturated heterocycles. The van der Waals surface area contributed by atoms with E-state index in [1.165, 1.54) is 18.4 Å². The Morgan fingerprint density at radius 1 is 1.27 bits per heavy atom. The number of aromatic nitrogens is 1. The third-order valence-corrected chi connectivity index (χ3v) is 7.77. The highest BCUT2D eigenvalue weighted by atomic mass is 32.2. The van der Waals surface area contributed by atoms with Gasteiger partial charge in [0.15, 0.2) is 16.0 Å². The molecule has 0 bridgehead atoms. The second kappa shape index (κ2) is 12.0. The van der Waals surface area contributed by atoms with Gasteiger partial charge in [-0.1, -0.05) is 43.9 Å². The first kappa shape index (κ1) is 27.4. The van der Waals surface area contributed by atoms with E-state index in [-0.39, 0.29) is 42.8 Å². The average molecular weight is 520 g/mol. The minimum Gasteiger partial charge on any atom is -0.495 e. The highest BCUT2D eigenvalue weighted by Crippen LogP contribution is 2.48. The van der Waals surface area contributed by atoms with Crippen LogP contribution >= 0.6 is 30.8 Å². The number of carbonyl (C=O) groups excluding carboxylic acids is 2. The van der Waals surface area contributed by atoms with Crippen molar-refractivity contribution in [3.8, 4) is 11.5 Å². The zero-order valence-corrected chi connectivity index (χ0v) is 21.9. The van der Waals surface area contributed by atoms with Crippen LogP contribution in [0.2, 0.25) is 0 Å². The van der Waals surface area contributed by atoms with Crippen molar-refractivity contribution in [1.82, 2.24) is 10.1 Å². The predicted molar refractivity (Wildman–Crippen MR) is 131 cm³/mol. The first-order chi connectivity index (χ1) is 15.5. The summed E-state index contributed by atoms with van der Waals surface area (Å²) in [5.74, 6) is 0.575. The molecule has 1 aromatic carbocycles. The summed E-state index contributed by atoms with van der Waals surface area (Å²) in [5, 5.41) is 2.97. The summed E-state index contributed by atoms with van der Waals surface area (Å²) >= 11 is 2.30. The number of esters is 1. The van der Waals surface area contributed by atoms with Crippen LogP contribution in [0.25, 0.3) is 10.2 Å². The largest absolute Gasteiger partial charge is 0.495 e. The molecule has 1 heterocycles. The van der Waals surface area contributed by atoms with Crippen molar-refractivity contribution in [2.75, 3.05) is 38.4 Å². The number of fused-ring (bicyclic) bond motifs is 1. The van der Waals surface area contributed by atoms with Crippen LogP contribution < -0.4 is 20.1 Å². The molecule has 0 fully saturated rings. The minimum absolute atomic E-state index is 0.00266. The third-order valence-electron chi connectivity index (χ3n) is 4.06. The number of hydrogen-bond acceptors (Lipinski definition) is 11. The molecule has 0 spiro atoms. The van der Waals surface area contributed by atoms with E-state index >= 15 is 0 Å². The van der Waals surface area contributed by atoms with Gasteiger partial charge in [0.2, 0.25) is 0 Å². The Kier molecular flexibility index (Phi) is 9.99. The van der Waals surface area contributed by atoms with Crippen LogP contribution in [-0.2, 0) is 23.4 Å². The van der Waals surface area contributed by atoms with Gasteiger partial charge in [0, 0.05) is 17.7 Å². The molecular weight excluding hydrogens is 489 g/mol. The number of nitrogens with zero attached hydrogens (tertiary/aromatic N) is 1. The molecule has 1 unspecified atom stereocenters. The Balaban J connectivity index is 2.16. The molecule has 0 saturated carbocycles. The lowest BCUT2D eigenvalue weighted by atomic mass is 10.00. The van der Waals surface area contributed by atoms with Gasteiger partial charge in [-0.15, -0.1) is 0 Å². The molecule has 33 heavy (non-hydrogen) atoms. The fourth-order valence-corrected chi connectivity index (χ4v) is 5.56. The van der Waals surface area contributed by atoms with Gasteiger partial charge in [-0.25, -0.2) is 14.6 Å². The Morgan fingerprint density at radius 2 is 1.97 bits per heavy atom. The standard InChI is InChI=1S/C20H30N3O7PS2/c1-6-28-15(24)9-10-22-31(26,29-11-12-32-18(25)20(2,3)4)30-13-7-8-14(27-5)17-16(13)23-19(21)33-17/h7-8H,6,9-12H2,1-5H3,(H2,21,23)(H,22,26). The van der Waals surface area contributed by atoms with Gasteiger partial charge in [0.05, 0.1) is 26.7 Å². The zero-order chi connectivity index (χ0) is 24.6. The van der Waals surface area contributed by atoms with Crippen LogP contribution in [0.5, 0.6) is 11.5 Å². The first-order valence-electron chi connectivity index (χ1n) is 10.2. The predicted octanol–water partition coefficient (Wildman–Crippen LogP) is 4.24. The number of anilines is 1. The van der Waals surface area contributed by atoms with E-state index in [1.807, 2.05) is 20.8 Å². The second-order valence-electron chi connectivity index (χ2n) is 7.77. The lowest BCUT2D eigenvalue weighted by Crippen LogP contribution is -2.22. The number of thioether (sulfide) groups is 1. The molecule has 2 rings (SSSR count). The average Bonchev–Trinajstić information content (AvgIpc) is 3.13. The monoisotopic (exact) mass is 519 g/mol. The number of ether oxygens (including phenoxy) is 2. The normalized spacial score (nSPS) is 13.5. The van der Waals surface area contributed by atoms with Crippen LogP contribution in [0.3, 0.4) is 0 Å². The number of methoxy groups -OCH3 is 1. The molecule has 0 aliphatic carbocycles. The summed E-state index contributed by atoms with van der Waals surface area (Å²) in [4.78, 5) is 28.0.